The maximum Gasteiger partial charge on any atom is 0.304 e. The molecule has 0 heterocycles. The summed E-state index contributed by atoms with van der Waals surface area (Å²) in [5.41, 5.74) is 5.08. The van der Waals surface area contributed by atoms with Gasteiger partial charge in [-0.25, -0.2) is 0 Å². The molecule has 0 unspecified atom stereocenters. The molecule has 0 spiro atoms. The number of rotatable bonds is 10. The van der Waals surface area contributed by atoms with E-state index in [4.69, 9.17) is 5.11 Å². The Kier molecular flexibility index (Phi) is 7.86. The molecule has 0 aliphatic heterocycles. The predicted octanol–water partition coefficient (Wildman–Crippen LogP) is 5.06. The van der Waals surface area contributed by atoms with E-state index in [1.165, 1.54) is 28.7 Å². The lowest BCUT2D eigenvalue weighted by atomic mass is 10.0. The average Bonchev–Trinajstić information content (AvgIpc) is 2.58. The van der Waals surface area contributed by atoms with Gasteiger partial charge < -0.3 is 5.11 Å². The van der Waals surface area contributed by atoms with Crippen LogP contribution in [0, 0.1) is 12.8 Å². The van der Waals surface area contributed by atoms with Crippen LogP contribution in [0.4, 0.5) is 0 Å². The fourth-order valence-electron chi connectivity index (χ4n) is 3.13. The molecular formula is C23H31NO2. The quantitative estimate of drug-likeness (QED) is 0.649. The first-order valence-electron chi connectivity index (χ1n) is 9.50. The SMILES string of the molecule is Cc1cccc(CN(CCC(=O)O)Cc2cccc(CCC(C)C)c2)c1. The number of aliphatic carboxylic acids is 1. The topological polar surface area (TPSA) is 40.5 Å². The van der Waals surface area contributed by atoms with E-state index in [1.807, 2.05) is 0 Å². The largest absolute Gasteiger partial charge is 0.481 e. The third-order valence-electron chi connectivity index (χ3n) is 4.54. The minimum Gasteiger partial charge on any atom is -0.481 e. The summed E-state index contributed by atoms with van der Waals surface area (Å²) in [6.07, 6.45) is 2.45. The molecule has 26 heavy (non-hydrogen) atoms. The van der Waals surface area contributed by atoms with Gasteiger partial charge in [-0.2, -0.15) is 0 Å². The van der Waals surface area contributed by atoms with E-state index in [2.05, 4.69) is 74.2 Å². The zero-order valence-electron chi connectivity index (χ0n) is 16.2. The minimum absolute atomic E-state index is 0.166. The molecule has 2 rings (SSSR count). The Morgan fingerprint density at radius 2 is 1.62 bits per heavy atom. The normalized spacial score (nSPS) is 11.3. The molecule has 0 fully saturated rings. The van der Waals surface area contributed by atoms with E-state index >= 15 is 0 Å². The van der Waals surface area contributed by atoms with Crippen LogP contribution < -0.4 is 0 Å². The molecule has 0 aliphatic rings. The second kappa shape index (κ2) is 10.1. The number of carboxylic acids is 1. The van der Waals surface area contributed by atoms with Gasteiger partial charge in [-0.15, -0.1) is 0 Å². The molecule has 0 aliphatic carbocycles. The Bertz CT molecular complexity index is 709. The lowest BCUT2D eigenvalue weighted by Crippen LogP contribution is -2.25. The minimum atomic E-state index is -0.745. The standard InChI is InChI=1S/C23H31NO2/c1-18(2)10-11-20-7-5-9-22(15-20)17-24(13-12-23(25)26)16-21-8-4-6-19(3)14-21/h4-9,14-15,18H,10-13,16-17H2,1-3H3,(H,25,26). The molecule has 140 valence electrons. The van der Waals surface area contributed by atoms with Crippen molar-refractivity contribution in [3.8, 4) is 0 Å². The molecule has 2 aromatic rings. The van der Waals surface area contributed by atoms with Crippen LogP contribution in [0.25, 0.3) is 0 Å². The van der Waals surface area contributed by atoms with Crippen LogP contribution in [0.1, 0.15) is 48.9 Å². The third-order valence-corrected chi connectivity index (χ3v) is 4.54. The van der Waals surface area contributed by atoms with Crippen molar-refractivity contribution in [3.63, 3.8) is 0 Å². The molecule has 2 aromatic carbocycles. The first-order valence-corrected chi connectivity index (χ1v) is 9.50. The van der Waals surface area contributed by atoms with Crippen LogP contribution in [0.2, 0.25) is 0 Å². The molecule has 0 saturated heterocycles. The van der Waals surface area contributed by atoms with Crippen molar-refractivity contribution < 1.29 is 9.90 Å². The van der Waals surface area contributed by atoms with Gasteiger partial charge in [-0.3, -0.25) is 9.69 Å². The highest BCUT2D eigenvalue weighted by Crippen LogP contribution is 2.15. The molecule has 3 heteroatoms. The number of benzene rings is 2. The first-order chi connectivity index (χ1) is 12.4. The molecule has 0 aromatic heterocycles. The molecule has 0 radical (unpaired) electrons. The van der Waals surface area contributed by atoms with Gasteiger partial charge in [-0.1, -0.05) is 67.9 Å². The summed E-state index contributed by atoms with van der Waals surface area (Å²) >= 11 is 0. The Morgan fingerprint density at radius 3 is 2.23 bits per heavy atom. The van der Waals surface area contributed by atoms with Crippen LogP contribution in [-0.4, -0.2) is 22.5 Å². The van der Waals surface area contributed by atoms with Gasteiger partial charge in [0.15, 0.2) is 0 Å². The maximum atomic E-state index is 11.0. The summed E-state index contributed by atoms with van der Waals surface area (Å²) in [5.74, 6) is -0.0445. The van der Waals surface area contributed by atoms with E-state index in [9.17, 15) is 4.79 Å². The molecule has 0 saturated carbocycles. The average molecular weight is 354 g/mol. The number of carboxylic acid groups (broad SMARTS) is 1. The summed E-state index contributed by atoms with van der Waals surface area (Å²) in [6.45, 7) is 8.68. The number of aryl methyl sites for hydroxylation is 2. The highest BCUT2D eigenvalue weighted by atomic mass is 16.4. The van der Waals surface area contributed by atoms with Gasteiger partial charge in [0, 0.05) is 19.6 Å². The number of carbonyl (C=O) groups is 1. The van der Waals surface area contributed by atoms with Crippen LogP contribution in [0.15, 0.2) is 48.5 Å². The Morgan fingerprint density at radius 1 is 1.00 bits per heavy atom. The number of hydrogen-bond acceptors (Lipinski definition) is 2. The molecule has 3 nitrogen and oxygen atoms in total. The van der Waals surface area contributed by atoms with E-state index < -0.39 is 5.97 Å². The van der Waals surface area contributed by atoms with Gasteiger partial charge in [0.1, 0.15) is 0 Å². The van der Waals surface area contributed by atoms with Crippen molar-refractivity contribution in [2.45, 2.75) is 53.1 Å². The number of hydrogen-bond donors (Lipinski definition) is 1. The van der Waals surface area contributed by atoms with Gasteiger partial charge in [-0.05, 0) is 42.4 Å². The summed E-state index contributed by atoms with van der Waals surface area (Å²) in [6, 6.07) is 17.2. The molecule has 0 atom stereocenters. The first kappa shape index (κ1) is 20.2. The van der Waals surface area contributed by atoms with Crippen molar-refractivity contribution in [1.29, 1.82) is 0 Å². The number of nitrogens with zero attached hydrogens (tertiary/aromatic N) is 1. The highest BCUT2D eigenvalue weighted by Gasteiger charge is 2.10. The zero-order chi connectivity index (χ0) is 18.9. The summed E-state index contributed by atoms with van der Waals surface area (Å²) in [5, 5.41) is 9.08. The Labute approximate surface area is 157 Å². The molecule has 1 N–H and O–H groups in total. The summed E-state index contributed by atoms with van der Waals surface area (Å²) in [4.78, 5) is 13.3. The van der Waals surface area contributed by atoms with Gasteiger partial charge in [0.25, 0.3) is 0 Å². The fraction of sp³-hybridized carbons (Fsp3) is 0.435. The second-order valence-electron chi connectivity index (χ2n) is 7.60. The molecular weight excluding hydrogens is 322 g/mol. The summed E-state index contributed by atoms with van der Waals surface area (Å²) < 4.78 is 0. The Balaban J connectivity index is 2.07. The zero-order valence-corrected chi connectivity index (χ0v) is 16.2. The van der Waals surface area contributed by atoms with E-state index in [0.717, 1.165) is 19.5 Å². The highest BCUT2D eigenvalue weighted by molar-refractivity contribution is 5.66. The van der Waals surface area contributed by atoms with Crippen LogP contribution in [0.5, 0.6) is 0 Å². The maximum absolute atomic E-state index is 11.0. The second-order valence-corrected chi connectivity index (χ2v) is 7.60. The third kappa shape index (κ3) is 7.40. The van der Waals surface area contributed by atoms with Crippen molar-refractivity contribution in [2.24, 2.45) is 5.92 Å². The predicted molar refractivity (Wildman–Crippen MR) is 107 cm³/mol. The van der Waals surface area contributed by atoms with Crippen molar-refractivity contribution in [1.82, 2.24) is 4.90 Å². The van der Waals surface area contributed by atoms with Gasteiger partial charge >= 0.3 is 5.97 Å². The van der Waals surface area contributed by atoms with E-state index in [-0.39, 0.29) is 6.42 Å². The summed E-state index contributed by atoms with van der Waals surface area (Å²) in [7, 11) is 0. The molecule has 0 bridgehead atoms. The van der Waals surface area contributed by atoms with E-state index in [1.54, 1.807) is 0 Å². The molecule has 0 amide bonds. The van der Waals surface area contributed by atoms with Crippen LogP contribution in [-0.2, 0) is 24.3 Å². The lowest BCUT2D eigenvalue weighted by molar-refractivity contribution is -0.137. The van der Waals surface area contributed by atoms with Crippen molar-refractivity contribution in [2.75, 3.05) is 6.54 Å². The lowest BCUT2D eigenvalue weighted by Gasteiger charge is -2.22. The van der Waals surface area contributed by atoms with Crippen molar-refractivity contribution in [3.05, 3.63) is 70.8 Å². The van der Waals surface area contributed by atoms with E-state index in [0.29, 0.717) is 12.5 Å². The van der Waals surface area contributed by atoms with Gasteiger partial charge in [0.05, 0.1) is 6.42 Å². The van der Waals surface area contributed by atoms with Gasteiger partial charge in [0.2, 0.25) is 0 Å². The monoisotopic (exact) mass is 353 g/mol. The fourth-order valence-corrected chi connectivity index (χ4v) is 3.13. The smallest absolute Gasteiger partial charge is 0.304 e. The van der Waals surface area contributed by atoms with Crippen LogP contribution in [0.3, 0.4) is 0 Å². The van der Waals surface area contributed by atoms with Crippen LogP contribution >= 0.6 is 0 Å². The Hall–Kier alpha value is -2.13. The van der Waals surface area contributed by atoms with Crippen molar-refractivity contribution >= 4 is 5.97 Å².